The summed E-state index contributed by atoms with van der Waals surface area (Å²) < 4.78 is 2.60. The number of hydrogen-bond donors (Lipinski definition) is 1. The van der Waals surface area contributed by atoms with Gasteiger partial charge in [0.25, 0.3) is 0 Å². The summed E-state index contributed by atoms with van der Waals surface area (Å²) >= 11 is 2.09. The highest BCUT2D eigenvalue weighted by Gasteiger charge is 2.06. The van der Waals surface area contributed by atoms with Crippen LogP contribution in [0.4, 0.5) is 0 Å². The Kier molecular flexibility index (Phi) is 1.97. The molecule has 12 heavy (non-hydrogen) atoms. The van der Waals surface area contributed by atoms with E-state index in [2.05, 4.69) is 32.6 Å². The predicted molar refractivity (Wildman–Crippen MR) is 51.6 cm³/mol. The van der Waals surface area contributed by atoms with Gasteiger partial charge in [0.15, 0.2) is 0 Å². The predicted octanol–water partition coefficient (Wildman–Crippen LogP) is 0.826. The van der Waals surface area contributed by atoms with E-state index >= 15 is 0 Å². The Morgan fingerprint density at radius 1 is 1.58 bits per heavy atom. The molecule has 1 N–H and O–H groups in total. The molecule has 5 heteroatoms. The number of aromatic nitrogens is 3. The summed E-state index contributed by atoms with van der Waals surface area (Å²) in [7, 11) is 0. The monoisotopic (exact) mass is 275 g/mol. The average molecular weight is 275 g/mol. The molecular weight excluding hydrogens is 269 g/mol. The van der Waals surface area contributed by atoms with E-state index in [1.165, 1.54) is 0 Å². The van der Waals surface area contributed by atoms with Crippen molar-refractivity contribution in [2.45, 2.75) is 6.61 Å². The van der Waals surface area contributed by atoms with Crippen molar-refractivity contribution in [3.8, 4) is 0 Å². The molecule has 0 unspecified atom stereocenters. The molecule has 0 atom stereocenters. The molecule has 4 nitrogen and oxygen atoms in total. The first-order valence-corrected chi connectivity index (χ1v) is 4.48. The van der Waals surface area contributed by atoms with Gasteiger partial charge >= 0.3 is 0 Å². The van der Waals surface area contributed by atoms with Gasteiger partial charge in [0.05, 0.1) is 12.3 Å². The van der Waals surface area contributed by atoms with Crippen molar-refractivity contribution in [2.75, 3.05) is 0 Å². The summed E-state index contributed by atoms with van der Waals surface area (Å²) in [6, 6.07) is 1.81. The van der Waals surface area contributed by atoms with Gasteiger partial charge in [0.2, 0.25) is 0 Å². The van der Waals surface area contributed by atoms with Crippen LogP contribution in [0.3, 0.4) is 0 Å². The SMILES string of the molecule is OCc1c(I)nc2ccncn12. The van der Waals surface area contributed by atoms with Crippen LogP contribution in [0.15, 0.2) is 18.6 Å². The summed E-state index contributed by atoms with van der Waals surface area (Å²) in [5.41, 5.74) is 1.61. The number of aliphatic hydroxyl groups is 1. The molecule has 0 spiro atoms. The fourth-order valence-corrected chi connectivity index (χ4v) is 1.74. The molecule has 2 heterocycles. The van der Waals surface area contributed by atoms with E-state index in [9.17, 15) is 0 Å². The highest BCUT2D eigenvalue weighted by atomic mass is 127. The Morgan fingerprint density at radius 3 is 3.17 bits per heavy atom. The molecule has 0 fully saturated rings. The number of nitrogens with zero attached hydrogens (tertiary/aromatic N) is 3. The molecule has 0 saturated heterocycles. The van der Waals surface area contributed by atoms with Gasteiger partial charge in [-0.1, -0.05) is 0 Å². The van der Waals surface area contributed by atoms with Gasteiger partial charge < -0.3 is 5.11 Å². The maximum Gasteiger partial charge on any atom is 0.141 e. The van der Waals surface area contributed by atoms with E-state index < -0.39 is 0 Å². The molecular formula is C7H6IN3O. The molecule has 2 aromatic rings. The first-order chi connectivity index (χ1) is 5.83. The van der Waals surface area contributed by atoms with Gasteiger partial charge in [-0.05, 0) is 28.7 Å². The van der Waals surface area contributed by atoms with Crippen LogP contribution in [0, 0.1) is 3.70 Å². The molecule has 2 aromatic heterocycles. The van der Waals surface area contributed by atoms with Crippen LogP contribution in [0.1, 0.15) is 5.69 Å². The van der Waals surface area contributed by atoms with Crippen LogP contribution in [-0.4, -0.2) is 19.5 Å². The summed E-state index contributed by atoms with van der Waals surface area (Å²) in [6.45, 7) is -0.00880. The number of fused-ring (bicyclic) bond motifs is 1. The molecule has 2 rings (SSSR count). The van der Waals surface area contributed by atoms with Gasteiger partial charge in [-0.2, -0.15) is 0 Å². The largest absolute Gasteiger partial charge is 0.390 e. The number of imidazole rings is 1. The highest BCUT2D eigenvalue weighted by Crippen LogP contribution is 2.13. The molecule has 0 radical (unpaired) electrons. The molecule has 0 aliphatic rings. The zero-order valence-corrected chi connectivity index (χ0v) is 8.26. The van der Waals surface area contributed by atoms with Crippen molar-refractivity contribution >= 4 is 28.2 Å². The molecule has 0 amide bonds. The Bertz CT molecular complexity index is 412. The number of rotatable bonds is 1. The van der Waals surface area contributed by atoms with E-state index in [0.29, 0.717) is 0 Å². The van der Waals surface area contributed by atoms with E-state index in [1.807, 2.05) is 0 Å². The summed E-state index contributed by atoms with van der Waals surface area (Å²) in [5.74, 6) is 0. The smallest absolute Gasteiger partial charge is 0.141 e. The second-order valence-electron chi connectivity index (χ2n) is 2.32. The third-order valence-electron chi connectivity index (χ3n) is 1.63. The topological polar surface area (TPSA) is 50.4 Å². The van der Waals surface area contributed by atoms with E-state index in [-0.39, 0.29) is 6.61 Å². The Morgan fingerprint density at radius 2 is 2.42 bits per heavy atom. The van der Waals surface area contributed by atoms with Crippen LogP contribution in [-0.2, 0) is 6.61 Å². The fraction of sp³-hybridized carbons (Fsp3) is 0.143. The Balaban J connectivity index is 2.81. The zero-order chi connectivity index (χ0) is 8.55. The van der Waals surface area contributed by atoms with Crippen LogP contribution in [0.2, 0.25) is 0 Å². The molecule has 0 bridgehead atoms. The first kappa shape index (κ1) is 7.93. The lowest BCUT2D eigenvalue weighted by Gasteiger charge is -1.94. The minimum atomic E-state index is -0.00880. The lowest BCUT2D eigenvalue weighted by Crippen LogP contribution is -1.93. The molecule has 0 aromatic carbocycles. The van der Waals surface area contributed by atoms with Crippen LogP contribution in [0.5, 0.6) is 0 Å². The van der Waals surface area contributed by atoms with Crippen molar-refractivity contribution in [3.05, 3.63) is 28.0 Å². The van der Waals surface area contributed by atoms with Crippen LogP contribution in [0.25, 0.3) is 5.65 Å². The maximum absolute atomic E-state index is 9.01. The summed E-state index contributed by atoms with van der Waals surface area (Å²) in [6.07, 6.45) is 3.33. The lowest BCUT2D eigenvalue weighted by molar-refractivity contribution is 0.274. The average Bonchev–Trinajstić information content (AvgIpc) is 2.40. The minimum absolute atomic E-state index is 0.00880. The van der Waals surface area contributed by atoms with E-state index in [0.717, 1.165) is 15.0 Å². The molecule has 62 valence electrons. The fourth-order valence-electron chi connectivity index (χ4n) is 1.06. The van der Waals surface area contributed by atoms with Crippen molar-refractivity contribution < 1.29 is 5.11 Å². The van der Waals surface area contributed by atoms with Gasteiger partial charge in [-0.15, -0.1) is 0 Å². The number of hydrogen-bond acceptors (Lipinski definition) is 3. The van der Waals surface area contributed by atoms with Gasteiger partial charge in [-0.3, -0.25) is 4.40 Å². The third kappa shape index (κ3) is 1.09. The second-order valence-corrected chi connectivity index (χ2v) is 3.34. The zero-order valence-electron chi connectivity index (χ0n) is 6.11. The maximum atomic E-state index is 9.01. The quantitative estimate of drug-likeness (QED) is 0.784. The highest BCUT2D eigenvalue weighted by molar-refractivity contribution is 14.1. The molecule has 0 aliphatic carbocycles. The Labute approximate surface area is 82.4 Å². The van der Waals surface area contributed by atoms with Crippen molar-refractivity contribution in [1.29, 1.82) is 0 Å². The lowest BCUT2D eigenvalue weighted by atomic mass is 10.5. The second kappa shape index (κ2) is 2.98. The van der Waals surface area contributed by atoms with E-state index in [4.69, 9.17) is 5.11 Å². The number of aliphatic hydroxyl groups excluding tert-OH is 1. The number of halogens is 1. The first-order valence-electron chi connectivity index (χ1n) is 3.40. The Hall–Kier alpha value is -0.690. The van der Waals surface area contributed by atoms with Crippen molar-refractivity contribution in [3.63, 3.8) is 0 Å². The van der Waals surface area contributed by atoms with Crippen LogP contribution >= 0.6 is 22.6 Å². The third-order valence-corrected chi connectivity index (χ3v) is 2.49. The normalized spacial score (nSPS) is 10.8. The molecule has 0 saturated carbocycles. The standard InChI is InChI=1S/C7H6IN3O/c8-7-5(3-12)11-4-9-2-1-6(11)10-7/h1-2,4,12H,3H2. The van der Waals surface area contributed by atoms with E-state index in [1.54, 1.807) is 23.0 Å². The molecule has 0 aliphatic heterocycles. The van der Waals surface area contributed by atoms with Crippen molar-refractivity contribution in [2.24, 2.45) is 0 Å². The minimum Gasteiger partial charge on any atom is -0.390 e. The van der Waals surface area contributed by atoms with Crippen LogP contribution < -0.4 is 0 Å². The summed E-state index contributed by atoms with van der Waals surface area (Å²) in [4.78, 5) is 8.18. The van der Waals surface area contributed by atoms with Gasteiger partial charge in [-0.25, -0.2) is 9.97 Å². The summed E-state index contributed by atoms with van der Waals surface area (Å²) in [5, 5.41) is 9.01. The van der Waals surface area contributed by atoms with Gasteiger partial charge in [0, 0.05) is 6.20 Å². The van der Waals surface area contributed by atoms with Gasteiger partial charge in [0.1, 0.15) is 15.7 Å². The van der Waals surface area contributed by atoms with Crippen molar-refractivity contribution in [1.82, 2.24) is 14.4 Å².